The van der Waals surface area contributed by atoms with E-state index in [9.17, 15) is 9.59 Å². The normalized spacial score (nSPS) is 14.2. The number of hydrogen-bond donors (Lipinski definition) is 2. The fourth-order valence-electron chi connectivity index (χ4n) is 3.88. The minimum absolute atomic E-state index is 0.0366. The molecule has 0 spiro atoms. The smallest absolute Gasteiger partial charge is 0.321 e. The Morgan fingerprint density at radius 1 is 1.06 bits per heavy atom. The number of likely N-dealkylation sites (tertiary alicyclic amines) is 1. The van der Waals surface area contributed by atoms with E-state index < -0.39 is 0 Å². The fraction of sp³-hybridized carbons (Fsp3) is 0.333. The van der Waals surface area contributed by atoms with E-state index in [2.05, 4.69) is 33.8 Å². The van der Waals surface area contributed by atoms with Gasteiger partial charge in [0.25, 0.3) is 0 Å². The predicted octanol–water partition coefficient (Wildman–Crippen LogP) is 3.73. The predicted molar refractivity (Wildman–Crippen MR) is 130 cm³/mol. The van der Waals surface area contributed by atoms with Gasteiger partial charge in [0, 0.05) is 24.8 Å². The van der Waals surface area contributed by atoms with Crippen LogP contribution in [0.2, 0.25) is 0 Å². The molecule has 0 aliphatic carbocycles. The lowest BCUT2D eigenvalue weighted by Crippen LogP contribution is -2.48. The maximum absolute atomic E-state index is 12.6. The molecule has 0 atom stereocenters. The number of nitrogens with zero attached hydrogens (tertiary/aromatic N) is 4. The number of para-hydroxylation sites is 2. The highest BCUT2D eigenvalue weighted by Gasteiger charge is 2.24. The van der Waals surface area contributed by atoms with Crippen LogP contribution in [0.3, 0.4) is 0 Å². The van der Waals surface area contributed by atoms with Gasteiger partial charge in [-0.1, -0.05) is 55.1 Å². The highest BCUT2D eigenvalue weighted by molar-refractivity contribution is 7.99. The largest absolute Gasteiger partial charge is 0.353 e. The van der Waals surface area contributed by atoms with Gasteiger partial charge in [0.05, 0.1) is 11.4 Å². The van der Waals surface area contributed by atoms with Crippen LogP contribution in [0.4, 0.5) is 10.5 Å². The van der Waals surface area contributed by atoms with E-state index in [1.54, 1.807) is 11.2 Å². The van der Waals surface area contributed by atoms with Gasteiger partial charge in [0.1, 0.15) is 6.33 Å². The monoisotopic (exact) mass is 464 g/mol. The van der Waals surface area contributed by atoms with Gasteiger partial charge in [-0.15, -0.1) is 10.2 Å². The molecule has 0 bridgehead atoms. The zero-order valence-corrected chi connectivity index (χ0v) is 19.4. The average Bonchev–Trinajstić information content (AvgIpc) is 3.32. The van der Waals surface area contributed by atoms with Crippen molar-refractivity contribution in [2.45, 2.75) is 37.4 Å². The number of benzene rings is 2. The number of carbonyl (C=O) groups is 2. The second-order valence-electron chi connectivity index (χ2n) is 7.88. The number of rotatable bonds is 7. The van der Waals surface area contributed by atoms with Crippen molar-refractivity contribution >= 4 is 29.4 Å². The van der Waals surface area contributed by atoms with Crippen molar-refractivity contribution in [2.24, 2.45) is 0 Å². The Hall–Kier alpha value is -3.33. The Balaban J connectivity index is 1.24. The van der Waals surface area contributed by atoms with E-state index in [1.165, 1.54) is 17.3 Å². The summed E-state index contributed by atoms with van der Waals surface area (Å²) in [7, 11) is 0. The quantitative estimate of drug-likeness (QED) is 0.520. The molecular formula is C24H28N6O2S. The molecule has 1 aliphatic rings. The Bertz CT molecular complexity index is 1080. The Morgan fingerprint density at radius 2 is 1.79 bits per heavy atom. The first kappa shape index (κ1) is 22.8. The zero-order chi connectivity index (χ0) is 23.0. The van der Waals surface area contributed by atoms with Gasteiger partial charge in [-0.25, -0.2) is 4.79 Å². The second-order valence-corrected chi connectivity index (χ2v) is 8.82. The molecule has 1 fully saturated rings. The van der Waals surface area contributed by atoms with Gasteiger partial charge in [0.2, 0.25) is 5.91 Å². The average molecular weight is 465 g/mol. The molecule has 3 aromatic rings. The van der Waals surface area contributed by atoms with Gasteiger partial charge in [-0.05, 0) is 43.0 Å². The van der Waals surface area contributed by atoms with Gasteiger partial charge >= 0.3 is 6.03 Å². The minimum Gasteiger partial charge on any atom is -0.353 e. The number of aromatic nitrogens is 3. The Morgan fingerprint density at radius 3 is 2.55 bits per heavy atom. The first-order valence-corrected chi connectivity index (χ1v) is 12.1. The summed E-state index contributed by atoms with van der Waals surface area (Å²) in [6.07, 6.45) is 4.06. The van der Waals surface area contributed by atoms with Crippen LogP contribution >= 0.6 is 11.8 Å². The molecule has 3 amide bonds. The van der Waals surface area contributed by atoms with Gasteiger partial charge in [-0.3, -0.25) is 9.36 Å². The second kappa shape index (κ2) is 11.0. The lowest BCUT2D eigenvalue weighted by molar-refractivity contribution is -0.119. The molecule has 33 heavy (non-hydrogen) atoms. The fourth-order valence-corrected chi connectivity index (χ4v) is 4.62. The third-order valence-corrected chi connectivity index (χ3v) is 6.60. The van der Waals surface area contributed by atoms with Crippen LogP contribution in [0.15, 0.2) is 66.1 Å². The van der Waals surface area contributed by atoms with Crippen molar-refractivity contribution in [1.29, 1.82) is 0 Å². The third kappa shape index (κ3) is 5.92. The molecule has 9 heteroatoms. The van der Waals surface area contributed by atoms with Crippen molar-refractivity contribution < 1.29 is 9.59 Å². The van der Waals surface area contributed by atoms with Crippen LogP contribution in [0, 0.1) is 0 Å². The number of thioether (sulfide) groups is 1. The molecule has 172 valence electrons. The van der Waals surface area contributed by atoms with Crippen LogP contribution in [0.1, 0.15) is 25.3 Å². The van der Waals surface area contributed by atoms with Crippen molar-refractivity contribution in [2.75, 3.05) is 24.2 Å². The lowest BCUT2D eigenvalue weighted by atomic mass is 10.1. The van der Waals surface area contributed by atoms with E-state index in [-0.39, 0.29) is 23.7 Å². The number of amides is 3. The van der Waals surface area contributed by atoms with Crippen LogP contribution in [-0.4, -0.2) is 56.5 Å². The van der Waals surface area contributed by atoms with Crippen molar-refractivity contribution in [3.8, 4) is 5.69 Å². The minimum atomic E-state index is -0.103. The third-order valence-electron chi connectivity index (χ3n) is 5.65. The van der Waals surface area contributed by atoms with E-state index in [0.29, 0.717) is 18.2 Å². The number of carbonyl (C=O) groups excluding carboxylic acids is 2. The molecule has 2 heterocycles. The molecular weight excluding hydrogens is 436 g/mol. The van der Waals surface area contributed by atoms with Crippen molar-refractivity contribution in [1.82, 2.24) is 25.0 Å². The van der Waals surface area contributed by atoms with Crippen molar-refractivity contribution in [3.63, 3.8) is 0 Å². The van der Waals surface area contributed by atoms with Crippen LogP contribution in [0.5, 0.6) is 0 Å². The Kier molecular flexibility index (Phi) is 7.62. The van der Waals surface area contributed by atoms with E-state index in [1.807, 2.05) is 53.1 Å². The molecule has 2 aromatic carbocycles. The number of nitrogens with one attached hydrogen (secondary N) is 2. The van der Waals surface area contributed by atoms with Gasteiger partial charge in [0.15, 0.2) is 5.16 Å². The summed E-state index contributed by atoms with van der Waals surface area (Å²) in [5.41, 5.74) is 3.02. The SMILES string of the molecule is CCc1ccccc1-n1cnnc1SCC(=O)NC1CCN(C(=O)Nc2ccccc2)CC1. The summed E-state index contributed by atoms with van der Waals surface area (Å²) < 4.78 is 1.93. The maximum atomic E-state index is 12.6. The molecule has 1 aliphatic heterocycles. The summed E-state index contributed by atoms with van der Waals surface area (Å²) in [5, 5.41) is 14.9. The molecule has 0 unspecified atom stereocenters. The van der Waals surface area contributed by atoms with Gasteiger partial charge < -0.3 is 15.5 Å². The summed E-state index contributed by atoms with van der Waals surface area (Å²) in [4.78, 5) is 26.8. The van der Waals surface area contributed by atoms with Crippen LogP contribution in [-0.2, 0) is 11.2 Å². The zero-order valence-electron chi connectivity index (χ0n) is 18.6. The molecule has 2 N–H and O–H groups in total. The van der Waals surface area contributed by atoms with Crippen LogP contribution in [0.25, 0.3) is 5.69 Å². The molecule has 1 saturated heterocycles. The molecule has 0 saturated carbocycles. The number of anilines is 1. The molecule has 4 rings (SSSR count). The summed E-state index contributed by atoms with van der Waals surface area (Å²) in [6.45, 7) is 3.33. The summed E-state index contributed by atoms with van der Waals surface area (Å²) in [6, 6.07) is 17.5. The Labute approximate surface area is 197 Å². The van der Waals surface area contributed by atoms with E-state index >= 15 is 0 Å². The number of piperidine rings is 1. The number of hydrogen-bond acceptors (Lipinski definition) is 5. The maximum Gasteiger partial charge on any atom is 0.321 e. The molecule has 0 radical (unpaired) electrons. The van der Waals surface area contributed by atoms with E-state index in [4.69, 9.17) is 0 Å². The topological polar surface area (TPSA) is 92.2 Å². The summed E-state index contributed by atoms with van der Waals surface area (Å²) >= 11 is 1.37. The summed E-state index contributed by atoms with van der Waals surface area (Å²) in [5.74, 6) is 0.229. The first-order chi connectivity index (χ1) is 16.1. The lowest BCUT2D eigenvalue weighted by Gasteiger charge is -2.32. The van der Waals surface area contributed by atoms with Gasteiger partial charge in [-0.2, -0.15) is 0 Å². The van der Waals surface area contributed by atoms with E-state index in [0.717, 1.165) is 30.6 Å². The first-order valence-electron chi connectivity index (χ1n) is 11.2. The highest BCUT2D eigenvalue weighted by atomic mass is 32.2. The molecule has 1 aromatic heterocycles. The van der Waals surface area contributed by atoms with Crippen molar-refractivity contribution in [3.05, 3.63) is 66.5 Å². The number of urea groups is 1. The standard InChI is InChI=1S/C24H28N6O2S/c1-2-18-8-6-7-11-21(18)30-17-25-28-24(30)33-16-22(31)26-20-12-14-29(15-13-20)23(32)27-19-9-4-3-5-10-19/h3-11,17,20H,2,12-16H2,1H3,(H,26,31)(H,27,32). The molecule has 8 nitrogen and oxygen atoms in total. The number of aryl methyl sites for hydroxylation is 1. The van der Waals surface area contributed by atoms with Crippen LogP contribution < -0.4 is 10.6 Å². The highest BCUT2D eigenvalue weighted by Crippen LogP contribution is 2.22.